The van der Waals surface area contributed by atoms with E-state index in [1.165, 1.54) is 31.5 Å². The average molecular weight is 344 g/mol. The van der Waals surface area contributed by atoms with E-state index in [-0.39, 0.29) is 11.8 Å². The molecule has 4 nitrogen and oxygen atoms in total. The average Bonchev–Trinajstić information content (AvgIpc) is 2.59. The van der Waals surface area contributed by atoms with E-state index in [2.05, 4.69) is 60.3 Å². The van der Waals surface area contributed by atoms with E-state index in [0.29, 0.717) is 6.04 Å². The zero-order chi connectivity index (χ0) is 17.8. The molecule has 4 heteroatoms. The molecule has 0 spiro atoms. The topological polar surface area (TPSA) is 35.6 Å². The second-order valence-corrected chi connectivity index (χ2v) is 8.22. The van der Waals surface area contributed by atoms with Crippen molar-refractivity contribution in [3.8, 4) is 0 Å². The van der Waals surface area contributed by atoms with Gasteiger partial charge in [0.2, 0.25) is 5.91 Å². The number of carbonyl (C=O) groups is 1. The Morgan fingerprint density at radius 2 is 1.92 bits per heavy atom. The molecule has 1 amide bonds. The first-order valence-electron chi connectivity index (χ1n) is 9.83. The molecule has 138 valence electrons. The number of rotatable bonds is 4. The van der Waals surface area contributed by atoms with Gasteiger partial charge in [0.1, 0.15) is 0 Å². The van der Waals surface area contributed by atoms with Crippen molar-refractivity contribution in [2.45, 2.75) is 52.1 Å². The van der Waals surface area contributed by atoms with Gasteiger partial charge in [0, 0.05) is 30.7 Å². The highest BCUT2D eigenvalue weighted by atomic mass is 16.1. The maximum absolute atomic E-state index is 12.5. The monoisotopic (exact) mass is 343 g/mol. The van der Waals surface area contributed by atoms with Crippen LogP contribution in [0.3, 0.4) is 0 Å². The minimum atomic E-state index is 0.140. The lowest BCUT2D eigenvalue weighted by molar-refractivity contribution is -0.121. The fourth-order valence-corrected chi connectivity index (χ4v) is 4.15. The second-order valence-electron chi connectivity index (χ2n) is 8.22. The second kappa shape index (κ2) is 8.33. The number of nitrogens with one attached hydrogen (secondary N) is 1. The Bertz CT molecular complexity index is 571. The van der Waals surface area contributed by atoms with Gasteiger partial charge in [0.15, 0.2) is 0 Å². The van der Waals surface area contributed by atoms with Gasteiger partial charge in [-0.2, -0.15) is 0 Å². The summed E-state index contributed by atoms with van der Waals surface area (Å²) in [6.07, 6.45) is 4.58. The summed E-state index contributed by atoms with van der Waals surface area (Å²) >= 11 is 0. The number of likely N-dealkylation sites (tertiary alicyclic amines) is 2. The summed E-state index contributed by atoms with van der Waals surface area (Å²) in [5.74, 6) is 1.13. The third-order valence-corrected chi connectivity index (χ3v) is 5.95. The number of amides is 1. The molecule has 2 heterocycles. The van der Waals surface area contributed by atoms with Gasteiger partial charge in [-0.25, -0.2) is 0 Å². The number of hydrogen-bond donors (Lipinski definition) is 1. The Balaban J connectivity index is 1.51. The summed E-state index contributed by atoms with van der Waals surface area (Å²) in [6, 6.07) is 8.91. The van der Waals surface area contributed by atoms with Crippen LogP contribution in [-0.2, 0) is 11.3 Å². The molecule has 2 fully saturated rings. The van der Waals surface area contributed by atoms with Crippen LogP contribution in [0.4, 0.5) is 5.69 Å². The first kappa shape index (κ1) is 18.4. The molecule has 2 aliphatic rings. The largest absolute Gasteiger partial charge is 0.326 e. The quantitative estimate of drug-likeness (QED) is 0.907. The molecule has 1 N–H and O–H groups in total. The van der Waals surface area contributed by atoms with E-state index in [9.17, 15) is 4.79 Å². The summed E-state index contributed by atoms with van der Waals surface area (Å²) in [4.78, 5) is 17.4. The lowest BCUT2D eigenvalue weighted by Crippen LogP contribution is -2.41. The van der Waals surface area contributed by atoms with Crippen LogP contribution in [0.5, 0.6) is 0 Å². The molecule has 0 radical (unpaired) electrons. The highest BCUT2D eigenvalue weighted by molar-refractivity contribution is 5.92. The minimum Gasteiger partial charge on any atom is -0.326 e. The molecular weight excluding hydrogens is 310 g/mol. The Hall–Kier alpha value is -1.39. The normalized spacial score (nSPS) is 28.7. The number of piperidine rings is 2. The zero-order valence-electron chi connectivity index (χ0n) is 16.0. The summed E-state index contributed by atoms with van der Waals surface area (Å²) in [6.45, 7) is 8.98. The molecule has 2 aliphatic heterocycles. The van der Waals surface area contributed by atoms with Gasteiger partial charge in [-0.15, -0.1) is 0 Å². The maximum Gasteiger partial charge on any atom is 0.227 e. The van der Waals surface area contributed by atoms with Crippen molar-refractivity contribution in [3.05, 3.63) is 29.8 Å². The van der Waals surface area contributed by atoms with Crippen molar-refractivity contribution >= 4 is 11.6 Å². The highest BCUT2D eigenvalue weighted by Crippen LogP contribution is 2.23. The first-order chi connectivity index (χ1) is 12.0. The van der Waals surface area contributed by atoms with Crippen molar-refractivity contribution in [3.63, 3.8) is 0 Å². The fraction of sp³-hybridized carbons (Fsp3) is 0.667. The molecular formula is C21H33N3O. The lowest BCUT2D eigenvalue weighted by Gasteiger charge is -2.34. The molecule has 3 atom stereocenters. The van der Waals surface area contributed by atoms with E-state index in [0.717, 1.165) is 37.5 Å². The Morgan fingerprint density at radius 1 is 1.16 bits per heavy atom. The third kappa shape index (κ3) is 5.05. The number of hydrogen-bond acceptors (Lipinski definition) is 3. The lowest BCUT2D eigenvalue weighted by atomic mass is 9.91. The fourth-order valence-electron chi connectivity index (χ4n) is 4.15. The molecule has 1 aromatic carbocycles. The van der Waals surface area contributed by atoms with Gasteiger partial charge in [-0.1, -0.05) is 19.1 Å². The van der Waals surface area contributed by atoms with Gasteiger partial charge in [-0.3, -0.25) is 9.69 Å². The molecule has 1 aromatic rings. The maximum atomic E-state index is 12.5. The van der Waals surface area contributed by atoms with Crippen LogP contribution in [0.2, 0.25) is 0 Å². The molecule has 25 heavy (non-hydrogen) atoms. The SMILES string of the molecule is C[C@@H]1CCCN(Cc2ccc(NC(=O)[C@H]3CCN(C)[C@@H](C)C3)cc2)C1. The highest BCUT2D eigenvalue weighted by Gasteiger charge is 2.27. The van der Waals surface area contributed by atoms with Gasteiger partial charge < -0.3 is 10.2 Å². The van der Waals surface area contributed by atoms with Gasteiger partial charge >= 0.3 is 0 Å². The third-order valence-electron chi connectivity index (χ3n) is 5.95. The van der Waals surface area contributed by atoms with E-state index in [1.54, 1.807) is 0 Å². The predicted octanol–water partition coefficient (Wildman–Crippen LogP) is 3.59. The first-order valence-corrected chi connectivity index (χ1v) is 9.83. The van der Waals surface area contributed by atoms with E-state index in [1.807, 2.05) is 0 Å². The van der Waals surface area contributed by atoms with Gasteiger partial charge in [0.25, 0.3) is 0 Å². The Kier molecular flexibility index (Phi) is 6.13. The van der Waals surface area contributed by atoms with Gasteiger partial charge in [-0.05, 0) is 76.4 Å². The molecule has 0 aliphatic carbocycles. The van der Waals surface area contributed by atoms with Crippen molar-refractivity contribution < 1.29 is 4.79 Å². The van der Waals surface area contributed by atoms with Crippen molar-refractivity contribution in [1.29, 1.82) is 0 Å². The summed E-state index contributed by atoms with van der Waals surface area (Å²) in [5.41, 5.74) is 2.26. The van der Waals surface area contributed by atoms with E-state index in [4.69, 9.17) is 0 Å². The smallest absolute Gasteiger partial charge is 0.227 e. The number of nitrogens with zero attached hydrogens (tertiary/aromatic N) is 2. The number of anilines is 1. The van der Waals surface area contributed by atoms with Crippen LogP contribution in [0.15, 0.2) is 24.3 Å². The Morgan fingerprint density at radius 3 is 2.60 bits per heavy atom. The number of benzene rings is 1. The number of carbonyl (C=O) groups excluding carboxylic acids is 1. The van der Waals surface area contributed by atoms with Crippen LogP contribution in [0, 0.1) is 11.8 Å². The van der Waals surface area contributed by atoms with Gasteiger partial charge in [0.05, 0.1) is 0 Å². The van der Waals surface area contributed by atoms with Crippen molar-refractivity contribution in [2.75, 3.05) is 32.0 Å². The predicted molar refractivity (Wildman–Crippen MR) is 104 cm³/mol. The minimum absolute atomic E-state index is 0.140. The molecule has 0 saturated carbocycles. The molecule has 0 bridgehead atoms. The zero-order valence-corrected chi connectivity index (χ0v) is 16.0. The van der Waals surface area contributed by atoms with Crippen LogP contribution < -0.4 is 5.32 Å². The van der Waals surface area contributed by atoms with Crippen LogP contribution in [0.1, 0.15) is 45.1 Å². The summed E-state index contributed by atoms with van der Waals surface area (Å²) in [5, 5.41) is 3.11. The molecule has 3 rings (SSSR count). The Labute approximate surface area is 152 Å². The van der Waals surface area contributed by atoms with Crippen LogP contribution in [-0.4, -0.2) is 48.4 Å². The standard InChI is InChI=1S/C21H33N3O/c1-16-5-4-11-24(14-16)15-18-6-8-20(9-7-18)22-21(25)19-10-12-23(3)17(2)13-19/h6-9,16-17,19H,4-5,10-15H2,1-3H3,(H,22,25)/t16-,17+,19+/m1/s1. The summed E-state index contributed by atoms with van der Waals surface area (Å²) < 4.78 is 0. The molecule has 2 saturated heterocycles. The molecule has 0 aromatic heterocycles. The van der Waals surface area contributed by atoms with E-state index >= 15 is 0 Å². The summed E-state index contributed by atoms with van der Waals surface area (Å²) in [7, 11) is 2.14. The van der Waals surface area contributed by atoms with Crippen LogP contribution in [0.25, 0.3) is 0 Å². The van der Waals surface area contributed by atoms with Crippen molar-refractivity contribution in [1.82, 2.24) is 9.80 Å². The van der Waals surface area contributed by atoms with Crippen molar-refractivity contribution in [2.24, 2.45) is 11.8 Å². The van der Waals surface area contributed by atoms with E-state index < -0.39 is 0 Å². The van der Waals surface area contributed by atoms with Crippen LogP contribution >= 0.6 is 0 Å². The molecule has 0 unspecified atom stereocenters.